The summed E-state index contributed by atoms with van der Waals surface area (Å²) in [6.07, 6.45) is 0. The summed E-state index contributed by atoms with van der Waals surface area (Å²) in [5.74, 6) is 0. The third kappa shape index (κ3) is 2.03. The van der Waals surface area contributed by atoms with Crippen LogP contribution in [-0.4, -0.2) is 5.11 Å². The fraction of sp³-hybridized carbons (Fsp3) is 0. The van der Waals surface area contributed by atoms with E-state index in [4.69, 9.17) is 5.73 Å². The highest BCUT2D eigenvalue weighted by molar-refractivity contribution is 7.80. The smallest absolute Gasteiger partial charge is 0.168 e. The highest BCUT2D eigenvalue weighted by atomic mass is 32.1. The molecular formula is C7H7N2S. The molecule has 0 aromatic heterocycles. The number of nitrogens with two attached hydrogens (primary N) is 1. The van der Waals surface area contributed by atoms with Gasteiger partial charge in [-0.15, -0.1) is 0 Å². The van der Waals surface area contributed by atoms with Gasteiger partial charge in [0.1, 0.15) is 0 Å². The maximum Gasteiger partial charge on any atom is 0.168 e. The Morgan fingerprint density at radius 2 is 2.40 bits per heavy atom. The normalized spacial score (nSPS) is 8.80. The molecule has 1 rings (SSSR count). The Bertz CT molecular complexity index is 220. The third-order valence-electron chi connectivity index (χ3n) is 0.967. The first kappa shape index (κ1) is 7.02. The number of nitrogens with one attached hydrogen (secondary N) is 1. The minimum atomic E-state index is 0.266. The molecule has 2 nitrogen and oxygen atoms in total. The predicted octanol–water partition coefficient (Wildman–Crippen LogP) is 1.14. The average molecular weight is 151 g/mol. The van der Waals surface area contributed by atoms with E-state index in [0.29, 0.717) is 0 Å². The summed E-state index contributed by atoms with van der Waals surface area (Å²) in [7, 11) is 0. The van der Waals surface area contributed by atoms with Gasteiger partial charge in [0.15, 0.2) is 5.11 Å². The van der Waals surface area contributed by atoms with Crippen molar-refractivity contribution < 1.29 is 0 Å². The molecule has 0 spiro atoms. The van der Waals surface area contributed by atoms with Crippen LogP contribution in [0.4, 0.5) is 5.69 Å². The molecule has 0 aliphatic heterocycles. The summed E-state index contributed by atoms with van der Waals surface area (Å²) in [4.78, 5) is 0. The third-order valence-corrected chi connectivity index (χ3v) is 1.07. The van der Waals surface area contributed by atoms with Gasteiger partial charge < -0.3 is 11.1 Å². The number of hydrogen-bond donors (Lipinski definition) is 2. The van der Waals surface area contributed by atoms with Crippen molar-refractivity contribution >= 4 is 23.0 Å². The molecule has 0 saturated heterocycles. The van der Waals surface area contributed by atoms with Crippen LogP contribution in [0.15, 0.2) is 24.3 Å². The highest BCUT2D eigenvalue weighted by Crippen LogP contribution is 2.02. The minimum absolute atomic E-state index is 0.266. The summed E-state index contributed by atoms with van der Waals surface area (Å²) >= 11 is 4.62. The number of hydrogen-bond acceptors (Lipinski definition) is 1. The van der Waals surface area contributed by atoms with Gasteiger partial charge in [-0.05, 0) is 18.3 Å². The predicted molar refractivity (Wildman–Crippen MR) is 45.7 cm³/mol. The van der Waals surface area contributed by atoms with E-state index in [2.05, 4.69) is 23.6 Å². The molecular weight excluding hydrogens is 144 g/mol. The average Bonchev–Trinajstić information content (AvgIpc) is 1.88. The lowest BCUT2D eigenvalue weighted by Crippen LogP contribution is -2.18. The summed E-state index contributed by atoms with van der Waals surface area (Å²) in [5, 5.41) is 3.02. The van der Waals surface area contributed by atoms with Crippen LogP contribution in [0.1, 0.15) is 0 Å². The quantitative estimate of drug-likeness (QED) is 0.591. The van der Waals surface area contributed by atoms with E-state index in [1.165, 1.54) is 0 Å². The number of thiocarbonyl (C=S) groups is 1. The van der Waals surface area contributed by atoms with Crippen LogP contribution in [0.2, 0.25) is 0 Å². The van der Waals surface area contributed by atoms with Crippen LogP contribution < -0.4 is 11.1 Å². The van der Waals surface area contributed by atoms with Gasteiger partial charge in [0, 0.05) is 11.8 Å². The molecule has 0 aliphatic carbocycles. The van der Waals surface area contributed by atoms with Gasteiger partial charge in [-0.1, -0.05) is 18.2 Å². The van der Waals surface area contributed by atoms with E-state index in [-0.39, 0.29) is 5.11 Å². The van der Waals surface area contributed by atoms with Gasteiger partial charge in [-0.25, -0.2) is 0 Å². The second-order valence-corrected chi connectivity index (χ2v) is 2.21. The van der Waals surface area contributed by atoms with Crippen LogP contribution in [-0.2, 0) is 0 Å². The lowest BCUT2D eigenvalue weighted by molar-refractivity contribution is 1.60. The van der Waals surface area contributed by atoms with Gasteiger partial charge in [0.25, 0.3) is 0 Å². The molecule has 0 heterocycles. The standard InChI is InChI=1S/C7H7N2S/c8-7(10)9-6-4-2-1-3-5-6/h1-4H,(H3,8,9,10). The lowest BCUT2D eigenvalue weighted by atomic mass is 10.3. The van der Waals surface area contributed by atoms with E-state index in [1.54, 1.807) is 6.07 Å². The van der Waals surface area contributed by atoms with Crippen molar-refractivity contribution in [2.75, 3.05) is 5.32 Å². The van der Waals surface area contributed by atoms with Crippen molar-refractivity contribution in [1.82, 2.24) is 0 Å². The van der Waals surface area contributed by atoms with Gasteiger partial charge in [0.05, 0.1) is 0 Å². The first-order chi connectivity index (χ1) is 4.79. The lowest BCUT2D eigenvalue weighted by Gasteiger charge is -2.00. The van der Waals surface area contributed by atoms with Gasteiger partial charge >= 0.3 is 0 Å². The van der Waals surface area contributed by atoms with Crippen LogP contribution in [0.3, 0.4) is 0 Å². The molecule has 1 aromatic carbocycles. The molecule has 3 heteroatoms. The minimum Gasteiger partial charge on any atom is -0.376 e. The molecule has 0 saturated carbocycles. The summed E-state index contributed by atoms with van der Waals surface area (Å²) in [6.45, 7) is 0. The van der Waals surface area contributed by atoms with Gasteiger partial charge in [-0.2, -0.15) is 0 Å². The maximum atomic E-state index is 5.22. The van der Waals surface area contributed by atoms with Gasteiger partial charge in [0.2, 0.25) is 0 Å². The second-order valence-electron chi connectivity index (χ2n) is 1.77. The molecule has 3 N–H and O–H groups in total. The molecule has 0 aliphatic rings. The summed E-state index contributed by atoms with van der Waals surface area (Å²) in [6, 6.07) is 10.3. The molecule has 0 amide bonds. The number of rotatable bonds is 1. The molecule has 1 radical (unpaired) electrons. The fourth-order valence-electron chi connectivity index (χ4n) is 0.604. The Balaban J connectivity index is 2.67. The first-order valence-electron chi connectivity index (χ1n) is 2.82. The zero-order valence-corrected chi connectivity index (χ0v) is 6.11. The zero-order valence-electron chi connectivity index (χ0n) is 5.29. The maximum absolute atomic E-state index is 5.22. The van der Waals surface area contributed by atoms with E-state index in [9.17, 15) is 0 Å². The van der Waals surface area contributed by atoms with Crippen LogP contribution in [0.25, 0.3) is 0 Å². The van der Waals surface area contributed by atoms with Crippen molar-refractivity contribution in [2.45, 2.75) is 0 Å². The summed E-state index contributed by atoms with van der Waals surface area (Å²) in [5.41, 5.74) is 6.03. The Morgan fingerprint density at radius 1 is 1.60 bits per heavy atom. The monoisotopic (exact) mass is 151 g/mol. The van der Waals surface area contributed by atoms with Crippen molar-refractivity contribution in [3.63, 3.8) is 0 Å². The van der Waals surface area contributed by atoms with Crippen LogP contribution in [0.5, 0.6) is 0 Å². The molecule has 0 unspecified atom stereocenters. The number of benzene rings is 1. The van der Waals surface area contributed by atoms with Crippen molar-refractivity contribution in [3.8, 4) is 0 Å². The van der Waals surface area contributed by atoms with Crippen LogP contribution in [0, 0.1) is 6.07 Å². The van der Waals surface area contributed by atoms with Crippen molar-refractivity contribution in [3.05, 3.63) is 30.3 Å². The largest absolute Gasteiger partial charge is 0.376 e. The molecule has 0 bridgehead atoms. The molecule has 0 atom stereocenters. The first-order valence-corrected chi connectivity index (χ1v) is 3.23. The van der Waals surface area contributed by atoms with Gasteiger partial charge in [-0.3, -0.25) is 0 Å². The SMILES string of the molecule is NC(=S)Nc1[c]cccc1. The van der Waals surface area contributed by atoms with E-state index >= 15 is 0 Å². The Hall–Kier alpha value is -1.09. The van der Waals surface area contributed by atoms with E-state index in [0.717, 1.165) is 5.69 Å². The molecule has 10 heavy (non-hydrogen) atoms. The van der Waals surface area contributed by atoms with E-state index < -0.39 is 0 Å². The summed E-state index contributed by atoms with van der Waals surface area (Å²) < 4.78 is 0. The second kappa shape index (κ2) is 3.17. The zero-order chi connectivity index (χ0) is 7.40. The fourth-order valence-corrected chi connectivity index (χ4v) is 0.714. The topological polar surface area (TPSA) is 38.0 Å². The molecule has 0 fully saturated rings. The Labute approximate surface area is 65.0 Å². The van der Waals surface area contributed by atoms with Crippen LogP contribution >= 0.6 is 12.2 Å². The van der Waals surface area contributed by atoms with Crippen molar-refractivity contribution in [2.24, 2.45) is 5.73 Å². The number of anilines is 1. The molecule has 51 valence electrons. The van der Waals surface area contributed by atoms with Crippen molar-refractivity contribution in [1.29, 1.82) is 0 Å². The highest BCUT2D eigenvalue weighted by Gasteiger charge is 1.88. The molecule has 1 aromatic rings. The van der Waals surface area contributed by atoms with E-state index in [1.807, 2.05) is 18.2 Å². The Kier molecular flexibility index (Phi) is 2.23. The Morgan fingerprint density at radius 3 is 2.90 bits per heavy atom. The number of para-hydroxylation sites is 1.